The zero-order valence-corrected chi connectivity index (χ0v) is 22.5. The molecule has 1 amide bonds. The molecule has 2 aromatic carbocycles. The molecule has 0 aliphatic rings. The number of pyridine rings is 1. The van der Waals surface area contributed by atoms with Crippen LogP contribution in [-0.4, -0.2) is 37.3 Å². The molecule has 0 atom stereocenters. The molecule has 1 N–H and O–H groups in total. The van der Waals surface area contributed by atoms with Crippen LogP contribution in [0.1, 0.15) is 17.0 Å². The van der Waals surface area contributed by atoms with Crippen molar-refractivity contribution in [2.75, 3.05) is 5.75 Å². The lowest BCUT2D eigenvalue weighted by atomic mass is 10.2. The van der Waals surface area contributed by atoms with Crippen molar-refractivity contribution in [3.05, 3.63) is 100.0 Å². The van der Waals surface area contributed by atoms with Gasteiger partial charge in [0, 0.05) is 34.8 Å². The normalized spacial score (nSPS) is 11.2. The summed E-state index contributed by atoms with van der Waals surface area (Å²) in [4.78, 5) is 31.1. The van der Waals surface area contributed by atoms with Crippen LogP contribution < -0.4 is 10.2 Å². The predicted octanol–water partition coefficient (Wildman–Crippen LogP) is 6.04. The molecule has 3 aromatic heterocycles. The summed E-state index contributed by atoms with van der Waals surface area (Å²) >= 11 is 2.95. The minimum atomic E-state index is -0.509. The summed E-state index contributed by atoms with van der Waals surface area (Å²) in [5, 5.41) is 14.9. The zero-order valence-electron chi connectivity index (χ0n) is 20.9. The number of nitrogens with zero attached hydrogens (tertiary/aromatic N) is 5. The number of para-hydroxylation sites is 1. The number of thiazole rings is 1. The zero-order chi connectivity index (χ0) is 27.4. The van der Waals surface area contributed by atoms with Crippen LogP contribution in [-0.2, 0) is 4.79 Å². The third kappa shape index (κ3) is 6.13. The second-order valence-electron chi connectivity index (χ2n) is 8.40. The van der Waals surface area contributed by atoms with E-state index in [1.165, 1.54) is 23.9 Å². The Morgan fingerprint density at radius 2 is 1.97 bits per heavy atom. The number of carbonyl (C=O) groups is 1. The molecule has 39 heavy (non-hydrogen) atoms. The molecule has 0 fully saturated rings. The van der Waals surface area contributed by atoms with E-state index in [0.717, 1.165) is 43.4 Å². The average Bonchev–Trinajstić information content (AvgIpc) is 3.48. The van der Waals surface area contributed by atoms with Gasteiger partial charge in [-0.1, -0.05) is 23.9 Å². The number of benzene rings is 2. The maximum atomic E-state index is 12.3. The van der Waals surface area contributed by atoms with Gasteiger partial charge < -0.3 is 9.30 Å². The molecule has 5 rings (SSSR count). The van der Waals surface area contributed by atoms with Gasteiger partial charge in [0.25, 0.3) is 11.6 Å². The van der Waals surface area contributed by atoms with Crippen LogP contribution >= 0.6 is 23.1 Å². The average molecular weight is 559 g/mol. The SMILES string of the molecule is Cc1cc(/C=N\NC(=O)CSc2nc3ccccc3s2)c(C)n1-c1ccc(Oc2ccc([N+](=O)[O-])cn2)cc1. The van der Waals surface area contributed by atoms with Gasteiger partial charge >= 0.3 is 0 Å². The Labute approximate surface area is 231 Å². The van der Waals surface area contributed by atoms with Gasteiger partial charge in [-0.05, 0) is 56.3 Å². The highest BCUT2D eigenvalue weighted by Crippen LogP contribution is 2.29. The Kier molecular flexibility index (Phi) is 7.66. The van der Waals surface area contributed by atoms with Crippen LogP contribution in [0.5, 0.6) is 11.6 Å². The van der Waals surface area contributed by atoms with Crippen LogP contribution in [0.2, 0.25) is 0 Å². The van der Waals surface area contributed by atoms with E-state index in [1.54, 1.807) is 29.7 Å². The van der Waals surface area contributed by atoms with Crippen molar-refractivity contribution < 1.29 is 14.5 Å². The Hall–Kier alpha value is -4.55. The van der Waals surface area contributed by atoms with Crippen molar-refractivity contribution in [3.8, 4) is 17.3 Å². The third-order valence-electron chi connectivity index (χ3n) is 5.71. The number of aryl methyl sites for hydroxylation is 1. The van der Waals surface area contributed by atoms with Crippen LogP contribution in [0, 0.1) is 24.0 Å². The van der Waals surface area contributed by atoms with Crippen molar-refractivity contribution in [2.24, 2.45) is 5.10 Å². The molecule has 3 heterocycles. The van der Waals surface area contributed by atoms with E-state index in [-0.39, 0.29) is 23.2 Å². The van der Waals surface area contributed by atoms with E-state index in [9.17, 15) is 14.9 Å². The Morgan fingerprint density at radius 1 is 1.18 bits per heavy atom. The molecule has 0 aliphatic carbocycles. The first-order valence-corrected chi connectivity index (χ1v) is 13.6. The van der Waals surface area contributed by atoms with Crippen molar-refractivity contribution >= 4 is 51.1 Å². The molecule has 0 saturated carbocycles. The van der Waals surface area contributed by atoms with E-state index >= 15 is 0 Å². The summed E-state index contributed by atoms with van der Waals surface area (Å²) in [5.74, 6) is 0.832. The van der Waals surface area contributed by atoms with E-state index in [1.807, 2.05) is 56.3 Å². The molecule has 10 nitrogen and oxygen atoms in total. The molecule has 0 spiro atoms. The fourth-order valence-corrected chi connectivity index (χ4v) is 5.75. The maximum absolute atomic E-state index is 12.3. The van der Waals surface area contributed by atoms with Crippen LogP contribution in [0.25, 0.3) is 15.9 Å². The predicted molar refractivity (Wildman–Crippen MR) is 152 cm³/mol. The number of amides is 1. The number of hydrogen-bond acceptors (Lipinski definition) is 9. The lowest BCUT2D eigenvalue weighted by Gasteiger charge is -2.11. The molecule has 0 unspecified atom stereocenters. The lowest BCUT2D eigenvalue weighted by Crippen LogP contribution is -2.19. The van der Waals surface area contributed by atoms with Crippen molar-refractivity contribution in [1.82, 2.24) is 20.0 Å². The molecule has 0 saturated heterocycles. The first-order chi connectivity index (χ1) is 18.9. The maximum Gasteiger partial charge on any atom is 0.287 e. The molecule has 196 valence electrons. The lowest BCUT2D eigenvalue weighted by molar-refractivity contribution is -0.385. The molecule has 0 bridgehead atoms. The number of aromatic nitrogens is 3. The fourth-order valence-electron chi connectivity index (χ4n) is 3.89. The van der Waals surface area contributed by atoms with E-state index < -0.39 is 4.92 Å². The topological polar surface area (TPSA) is 125 Å². The summed E-state index contributed by atoms with van der Waals surface area (Å²) in [6.45, 7) is 3.97. The Balaban J connectivity index is 1.19. The number of fused-ring (bicyclic) bond motifs is 1. The fraction of sp³-hybridized carbons (Fsp3) is 0.111. The van der Waals surface area contributed by atoms with Gasteiger partial charge in [0.1, 0.15) is 11.9 Å². The summed E-state index contributed by atoms with van der Waals surface area (Å²) < 4.78 is 9.71. The smallest absolute Gasteiger partial charge is 0.287 e. The van der Waals surface area contributed by atoms with Gasteiger partial charge in [0.05, 0.1) is 27.1 Å². The van der Waals surface area contributed by atoms with Crippen molar-refractivity contribution in [3.63, 3.8) is 0 Å². The third-order valence-corrected chi connectivity index (χ3v) is 7.89. The molecule has 5 aromatic rings. The molecule has 0 aliphatic heterocycles. The van der Waals surface area contributed by atoms with Gasteiger partial charge in [-0.2, -0.15) is 5.10 Å². The summed E-state index contributed by atoms with van der Waals surface area (Å²) in [5.41, 5.74) is 7.18. The van der Waals surface area contributed by atoms with Gasteiger partial charge in [-0.15, -0.1) is 11.3 Å². The standard InChI is InChI=1S/C27H22N6O4S2/c1-17-13-19(14-29-31-25(34)16-38-27-30-23-5-3-4-6-24(23)39-27)18(2)32(17)20-7-10-22(11-8-20)37-26-12-9-21(15-28-26)33(35)36/h3-15H,16H2,1-2H3,(H,31,34)/b29-14-. The quantitative estimate of drug-likeness (QED) is 0.101. The van der Waals surface area contributed by atoms with E-state index in [4.69, 9.17) is 4.74 Å². The highest BCUT2D eigenvalue weighted by Gasteiger charge is 2.12. The van der Waals surface area contributed by atoms with E-state index in [2.05, 4.69) is 25.1 Å². The van der Waals surface area contributed by atoms with Crippen molar-refractivity contribution in [2.45, 2.75) is 18.2 Å². The number of carbonyl (C=O) groups excluding carboxylic acids is 1. The number of thioether (sulfide) groups is 1. The first kappa shape index (κ1) is 26.1. The van der Waals surface area contributed by atoms with Gasteiger partial charge in [-0.25, -0.2) is 15.4 Å². The van der Waals surface area contributed by atoms with Crippen molar-refractivity contribution in [1.29, 1.82) is 0 Å². The van der Waals surface area contributed by atoms with Gasteiger partial charge in [-0.3, -0.25) is 14.9 Å². The minimum absolute atomic E-state index is 0.0986. The Morgan fingerprint density at radius 3 is 2.69 bits per heavy atom. The van der Waals surface area contributed by atoms with Gasteiger partial charge in [0.2, 0.25) is 5.88 Å². The molecule has 0 radical (unpaired) electrons. The monoisotopic (exact) mass is 558 g/mol. The van der Waals surface area contributed by atoms with Crippen LogP contribution in [0.3, 0.4) is 0 Å². The minimum Gasteiger partial charge on any atom is -0.439 e. The van der Waals surface area contributed by atoms with Crippen LogP contribution in [0.4, 0.5) is 5.69 Å². The summed E-state index contributed by atoms with van der Waals surface area (Å²) in [6.07, 6.45) is 2.79. The highest BCUT2D eigenvalue weighted by molar-refractivity contribution is 8.01. The highest BCUT2D eigenvalue weighted by atomic mass is 32.2. The Bertz CT molecular complexity index is 1640. The number of ether oxygens (including phenoxy) is 1. The summed E-state index contributed by atoms with van der Waals surface area (Å²) in [6, 6.07) is 20.1. The number of nitrogens with one attached hydrogen (secondary N) is 1. The second kappa shape index (κ2) is 11.5. The van der Waals surface area contributed by atoms with Crippen LogP contribution in [0.15, 0.2) is 82.4 Å². The second-order valence-corrected chi connectivity index (χ2v) is 10.7. The molecule has 12 heteroatoms. The number of rotatable bonds is 9. The first-order valence-electron chi connectivity index (χ1n) is 11.8. The number of hydrogen-bond donors (Lipinski definition) is 1. The number of hydrazone groups is 1. The molecular weight excluding hydrogens is 536 g/mol. The number of nitro groups is 1. The summed E-state index contributed by atoms with van der Waals surface area (Å²) in [7, 11) is 0. The van der Waals surface area contributed by atoms with E-state index in [0.29, 0.717) is 5.75 Å². The largest absolute Gasteiger partial charge is 0.439 e. The van der Waals surface area contributed by atoms with Gasteiger partial charge in [0.15, 0.2) is 4.34 Å². The molecular formula is C27H22N6O4S2.